The van der Waals surface area contributed by atoms with Crippen LogP contribution in [0.3, 0.4) is 0 Å². The highest BCUT2D eigenvalue weighted by Crippen LogP contribution is 2.31. The maximum absolute atomic E-state index is 12.7. The number of H-pyrrole nitrogens is 1. The molecule has 2 aromatic heterocycles. The Kier molecular flexibility index (Phi) is 5.44. The SMILES string of the molecule is N#Cc1ccc(-c2n[nH]cc2CC2CCN(c3ccc(C(F)(F)F)cn3)CC2)cc1. The van der Waals surface area contributed by atoms with E-state index in [0.717, 1.165) is 61.4 Å². The summed E-state index contributed by atoms with van der Waals surface area (Å²) in [6.45, 7) is 1.51. The first kappa shape index (κ1) is 20.0. The summed E-state index contributed by atoms with van der Waals surface area (Å²) in [6.07, 6.45) is 1.19. The minimum atomic E-state index is -4.37. The topological polar surface area (TPSA) is 68.6 Å². The van der Waals surface area contributed by atoms with Crippen LogP contribution in [0.1, 0.15) is 29.5 Å². The van der Waals surface area contributed by atoms with Crippen LogP contribution >= 0.6 is 0 Å². The van der Waals surface area contributed by atoms with Crippen LogP contribution in [0.25, 0.3) is 11.3 Å². The first-order valence-corrected chi connectivity index (χ1v) is 9.75. The van der Waals surface area contributed by atoms with E-state index in [1.165, 1.54) is 6.07 Å². The summed E-state index contributed by atoms with van der Waals surface area (Å²) < 4.78 is 38.1. The van der Waals surface area contributed by atoms with Gasteiger partial charge in [-0.05, 0) is 55.0 Å². The third-order valence-electron chi connectivity index (χ3n) is 5.53. The van der Waals surface area contributed by atoms with Gasteiger partial charge in [0.15, 0.2) is 0 Å². The molecule has 8 heteroatoms. The number of nitrogens with zero attached hydrogens (tertiary/aromatic N) is 4. The molecular formula is C22H20F3N5. The van der Waals surface area contributed by atoms with E-state index in [9.17, 15) is 13.2 Å². The third-order valence-corrected chi connectivity index (χ3v) is 5.53. The Balaban J connectivity index is 1.38. The highest BCUT2D eigenvalue weighted by molar-refractivity contribution is 5.63. The molecule has 1 aliphatic rings. The van der Waals surface area contributed by atoms with Gasteiger partial charge < -0.3 is 4.90 Å². The van der Waals surface area contributed by atoms with Gasteiger partial charge in [-0.15, -0.1) is 0 Å². The van der Waals surface area contributed by atoms with Crippen molar-refractivity contribution in [3.8, 4) is 17.3 Å². The number of halogens is 3. The molecule has 0 aliphatic carbocycles. The van der Waals surface area contributed by atoms with E-state index in [0.29, 0.717) is 17.3 Å². The van der Waals surface area contributed by atoms with E-state index in [-0.39, 0.29) is 0 Å². The molecule has 1 saturated heterocycles. The van der Waals surface area contributed by atoms with E-state index in [4.69, 9.17) is 5.26 Å². The number of anilines is 1. The van der Waals surface area contributed by atoms with Crippen molar-refractivity contribution in [1.82, 2.24) is 15.2 Å². The van der Waals surface area contributed by atoms with Gasteiger partial charge in [0.1, 0.15) is 5.82 Å². The van der Waals surface area contributed by atoms with E-state index >= 15 is 0 Å². The van der Waals surface area contributed by atoms with Gasteiger partial charge >= 0.3 is 6.18 Å². The molecule has 0 atom stereocenters. The second-order valence-electron chi connectivity index (χ2n) is 7.49. The van der Waals surface area contributed by atoms with Crippen LogP contribution < -0.4 is 4.90 Å². The van der Waals surface area contributed by atoms with Gasteiger partial charge in [-0.3, -0.25) is 5.10 Å². The Morgan fingerprint density at radius 1 is 1.10 bits per heavy atom. The van der Waals surface area contributed by atoms with Gasteiger partial charge in [-0.1, -0.05) is 12.1 Å². The molecule has 154 valence electrons. The number of aromatic nitrogens is 3. The fourth-order valence-electron chi connectivity index (χ4n) is 3.84. The van der Waals surface area contributed by atoms with Gasteiger partial charge in [-0.25, -0.2) is 4.98 Å². The van der Waals surface area contributed by atoms with E-state index in [2.05, 4.69) is 21.3 Å². The molecule has 0 radical (unpaired) electrons. The zero-order valence-electron chi connectivity index (χ0n) is 16.2. The summed E-state index contributed by atoms with van der Waals surface area (Å²) >= 11 is 0. The first-order valence-electron chi connectivity index (χ1n) is 9.75. The van der Waals surface area contributed by atoms with Crippen molar-refractivity contribution < 1.29 is 13.2 Å². The summed E-state index contributed by atoms with van der Waals surface area (Å²) in [5, 5.41) is 16.3. The van der Waals surface area contributed by atoms with Crippen LogP contribution in [0, 0.1) is 17.2 Å². The minimum absolute atomic E-state index is 0.463. The van der Waals surface area contributed by atoms with Gasteiger partial charge in [0, 0.05) is 31.0 Å². The maximum atomic E-state index is 12.7. The van der Waals surface area contributed by atoms with E-state index in [1.807, 2.05) is 23.2 Å². The Bertz CT molecular complexity index is 1020. The minimum Gasteiger partial charge on any atom is -0.357 e. The normalized spacial score (nSPS) is 15.2. The maximum Gasteiger partial charge on any atom is 0.417 e. The van der Waals surface area contributed by atoms with Crippen molar-refractivity contribution in [3.05, 3.63) is 65.5 Å². The number of rotatable bonds is 4. The Labute approximate surface area is 172 Å². The molecule has 30 heavy (non-hydrogen) atoms. The first-order chi connectivity index (χ1) is 14.4. The van der Waals surface area contributed by atoms with Crippen molar-refractivity contribution in [1.29, 1.82) is 5.26 Å². The predicted octanol–water partition coefficient (Wildman–Crippen LogP) is 4.82. The number of hydrogen-bond acceptors (Lipinski definition) is 4. The Morgan fingerprint density at radius 3 is 2.43 bits per heavy atom. The lowest BCUT2D eigenvalue weighted by atomic mass is 9.89. The number of nitriles is 1. The molecular weight excluding hydrogens is 391 g/mol. The van der Waals surface area contributed by atoms with Crippen LogP contribution in [0.2, 0.25) is 0 Å². The van der Waals surface area contributed by atoms with Crippen LogP contribution in [0.15, 0.2) is 48.8 Å². The van der Waals surface area contributed by atoms with Crippen molar-refractivity contribution in [2.24, 2.45) is 5.92 Å². The summed E-state index contributed by atoms with van der Waals surface area (Å²) in [4.78, 5) is 6.04. The van der Waals surface area contributed by atoms with Gasteiger partial charge in [-0.2, -0.15) is 23.5 Å². The summed E-state index contributed by atoms with van der Waals surface area (Å²) in [7, 11) is 0. The number of alkyl halides is 3. The third kappa shape index (κ3) is 4.30. The van der Waals surface area contributed by atoms with Crippen LogP contribution in [-0.2, 0) is 12.6 Å². The molecule has 1 aromatic carbocycles. The van der Waals surface area contributed by atoms with Crippen molar-refractivity contribution in [2.75, 3.05) is 18.0 Å². The molecule has 3 heterocycles. The smallest absolute Gasteiger partial charge is 0.357 e. The Hall–Kier alpha value is -3.34. The molecule has 1 N–H and O–H groups in total. The monoisotopic (exact) mass is 411 g/mol. The number of piperidine rings is 1. The van der Waals surface area contributed by atoms with Crippen molar-refractivity contribution in [3.63, 3.8) is 0 Å². The number of nitrogens with one attached hydrogen (secondary N) is 1. The van der Waals surface area contributed by atoms with E-state index < -0.39 is 11.7 Å². The largest absolute Gasteiger partial charge is 0.417 e. The van der Waals surface area contributed by atoms with Crippen LogP contribution in [-0.4, -0.2) is 28.3 Å². The molecule has 0 unspecified atom stereocenters. The number of pyridine rings is 1. The molecule has 0 spiro atoms. The number of hydrogen-bond donors (Lipinski definition) is 1. The molecule has 3 aromatic rings. The molecule has 0 amide bonds. The zero-order valence-corrected chi connectivity index (χ0v) is 16.2. The molecule has 0 bridgehead atoms. The lowest BCUT2D eigenvalue weighted by molar-refractivity contribution is -0.137. The Morgan fingerprint density at radius 2 is 1.83 bits per heavy atom. The molecule has 0 saturated carbocycles. The van der Waals surface area contributed by atoms with Gasteiger partial charge in [0.05, 0.1) is 22.9 Å². The van der Waals surface area contributed by atoms with Crippen molar-refractivity contribution in [2.45, 2.75) is 25.4 Å². The lowest BCUT2D eigenvalue weighted by Crippen LogP contribution is -2.34. The predicted molar refractivity (Wildman–Crippen MR) is 107 cm³/mol. The second-order valence-corrected chi connectivity index (χ2v) is 7.49. The summed E-state index contributed by atoms with van der Waals surface area (Å²) in [5.74, 6) is 1.05. The highest BCUT2D eigenvalue weighted by atomic mass is 19.4. The van der Waals surface area contributed by atoms with Gasteiger partial charge in [0.25, 0.3) is 0 Å². The second kappa shape index (κ2) is 8.19. The highest BCUT2D eigenvalue weighted by Gasteiger charge is 2.31. The fraction of sp³-hybridized carbons (Fsp3) is 0.318. The summed E-state index contributed by atoms with van der Waals surface area (Å²) in [5.41, 5.74) is 2.88. The fourth-order valence-corrected chi connectivity index (χ4v) is 3.84. The van der Waals surface area contributed by atoms with Gasteiger partial charge in [0.2, 0.25) is 0 Å². The quantitative estimate of drug-likeness (QED) is 0.668. The number of benzene rings is 1. The van der Waals surface area contributed by atoms with E-state index in [1.54, 1.807) is 12.1 Å². The average molecular weight is 411 g/mol. The molecule has 1 fully saturated rings. The molecule has 1 aliphatic heterocycles. The van der Waals surface area contributed by atoms with Crippen LogP contribution in [0.4, 0.5) is 19.0 Å². The molecule has 4 rings (SSSR count). The summed E-state index contributed by atoms with van der Waals surface area (Å²) in [6, 6.07) is 12.0. The lowest BCUT2D eigenvalue weighted by Gasteiger charge is -2.33. The molecule has 5 nitrogen and oxygen atoms in total. The van der Waals surface area contributed by atoms with Crippen LogP contribution in [0.5, 0.6) is 0 Å². The number of aromatic amines is 1. The van der Waals surface area contributed by atoms with Crippen molar-refractivity contribution >= 4 is 5.82 Å². The zero-order chi connectivity index (χ0) is 21.1. The standard InChI is InChI=1S/C22H20F3N5/c23-22(24,25)19-5-6-20(27-14-19)30-9-7-15(8-10-30)11-18-13-28-29-21(18)17-3-1-16(12-26)2-4-17/h1-6,13-15H,7-11H2,(H,28,29). The average Bonchev–Trinajstić information content (AvgIpc) is 3.22.